The second-order valence-electron chi connectivity index (χ2n) is 3.89. The number of nitriles is 1. The summed E-state index contributed by atoms with van der Waals surface area (Å²) in [5, 5.41) is 17.8. The lowest BCUT2D eigenvalue weighted by Crippen LogP contribution is -2.23. The Kier molecular flexibility index (Phi) is 5.36. The van der Waals surface area contributed by atoms with E-state index in [2.05, 4.69) is 12.6 Å². The third-order valence-corrected chi connectivity index (χ3v) is 2.63. The minimum Gasteiger partial charge on any atom is -0.478 e. The average molecular weight is 256 g/mol. The van der Waals surface area contributed by atoms with Gasteiger partial charge in [0.05, 0.1) is 11.3 Å². The number of carboxylic acid groups (broad SMARTS) is 1. The molecule has 4 nitrogen and oxygen atoms in total. The molecule has 0 bridgehead atoms. The molecule has 0 radical (unpaired) electrons. The van der Waals surface area contributed by atoms with E-state index in [0.717, 1.165) is 18.3 Å². The number of hydrogen-bond acceptors (Lipinski definition) is 3. The van der Waals surface area contributed by atoms with Gasteiger partial charge in [-0.2, -0.15) is 5.26 Å². The van der Waals surface area contributed by atoms with Crippen LogP contribution in [0.2, 0.25) is 0 Å². The van der Waals surface area contributed by atoms with Gasteiger partial charge in [0.25, 0.3) is 0 Å². The molecule has 0 aliphatic heterocycles. The quantitative estimate of drug-likeness (QED) is 0.627. The van der Waals surface area contributed by atoms with Crippen LogP contribution in [0.3, 0.4) is 0 Å². The Morgan fingerprint density at radius 1 is 1.58 bits per heavy atom. The van der Waals surface area contributed by atoms with E-state index in [-0.39, 0.29) is 0 Å². The first kappa shape index (κ1) is 14.5. The third-order valence-electron chi connectivity index (χ3n) is 2.63. The van der Waals surface area contributed by atoms with Crippen molar-refractivity contribution < 1.29 is 9.90 Å². The number of benzene rings is 1. The van der Waals surface area contributed by atoms with Gasteiger partial charge in [0, 0.05) is 19.2 Å². The summed E-state index contributed by atoms with van der Waals surface area (Å²) >= 11 is 0. The number of likely N-dealkylation sites (N-methyl/N-ethyl adjacent to an activating group) is 1. The Morgan fingerprint density at radius 2 is 2.32 bits per heavy atom. The van der Waals surface area contributed by atoms with Crippen LogP contribution in [0.25, 0.3) is 6.08 Å². The van der Waals surface area contributed by atoms with E-state index in [1.54, 1.807) is 18.2 Å². The van der Waals surface area contributed by atoms with Crippen LogP contribution in [0.5, 0.6) is 0 Å². The summed E-state index contributed by atoms with van der Waals surface area (Å²) in [5.74, 6) is -1.01. The summed E-state index contributed by atoms with van der Waals surface area (Å²) in [5.41, 5.74) is 2.05. The van der Waals surface area contributed by atoms with Crippen molar-refractivity contribution >= 4 is 17.7 Å². The van der Waals surface area contributed by atoms with Crippen molar-refractivity contribution in [3.05, 3.63) is 48.1 Å². The Balaban J connectivity index is 3.12. The van der Waals surface area contributed by atoms with Crippen molar-refractivity contribution in [3.63, 3.8) is 0 Å². The molecule has 1 N–H and O–H groups in total. The summed E-state index contributed by atoms with van der Waals surface area (Å²) in [6, 6.07) is 7.44. The first-order chi connectivity index (χ1) is 9.12. The molecule has 0 fully saturated rings. The van der Waals surface area contributed by atoms with Crippen LogP contribution in [0.4, 0.5) is 5.69 Å². The van der Waals surface area contributed by atoms with E-state index in [1.807, 2.05) is 17.9 Å². The van der Waals surface area contributed by atoms with Gasteiger partial charge in [0.15, 0.2) is 0 Å². The summed E-state index contributed by atoms with van der Waals surface area (Å²) < 4.78 is 0. The molecule has 1 rings (SSSR count). The van der Waals surface area contributed by atoms with Gasteiger partial charge in [-0.15, -0.1) is 6.58 Å². The van der Waals surface area contributed by atoms with E-state index >= 15 is 0 Å². The molecule has 0 amide bonds. The van der Waals surface area contributed by atoms with Crippen molar-refractivity contribution in [2.24, 2.45) is 0 Å². The Hall–Kier alpha value is -2.54. The minimum absolute atomic E-state index is 0.524. The van der Waals surface area contributed by atoms with Crippen LogP contribution >= 0.6 is 0 Å². The molecule has 0 saturated heterocycles. The molecule has 0 heterocycles. The monoisotopic (exact) mass is 256 g/mol. The van der Waals surface area contributed by atoms with E-state index in [1.165, 1.54) is 6.08 Å². The van der Waals surface area contributed by atoms with Crippen LogP contribution in [0.1, 0.15) is 18.1 Å². The fraction of sp³-hybridized carbons (Fsp3) is 0.200. The van der Waals surface area contributed by atoms with Gasteiger partial charge in [-0.05, 0) is 30.7 Å². The van der Waals surface area contributed by atoms with E-state index < -0.39 is 5.97 Å². The number of aliphatic carboxylic acids is 1. The van der Waals surface area contributed by atoms with Crippen LogP contribution in [0, 0.1) is 11.3 Å². The molecule has 0 spiro atoms. The van der Waals surface area contributed by atoms with Crippen molar-refractivity contribution in [3.8, 4) is 6.07 Å². The largest absolute Gasteiger partial charge is 0.478 e. The molecule has 19 heavy (non-hydrogen) atoms. The maximum absolute atomic E-state index is 10.5. The normalized spacial score (nSPS) is 10.1. The minimum atomic E-state index is -1.01. The number of carboxylic acids is 1. The van der Waals surface area contributed by atoms with Gasteiger partial charge in [-0.3, -0.25) is 0 Å². The fourth-order valence-electron chi connectivity index (χ4n) is 1.74. The van der Waals surface area contributed by atoms with Gasteiger partial charge in [-0.1, -0.05) is 12.1 Å². The van der Waals surface area contributed by atoms with Crippen LogP contribution in [0.15, 0.2) is 36.9 Å². The zero-order valence-electron chi connectivity index (χ0n) is 10.8. The number of carbonyl (C=O) groups is 1. The highest BCUT2D eigenvalue weighted by Crippen LogP contribution is 2.22. The second-order valence-corrected chi connectivity index (χ2v) is 3.89. The molecule has 1 aromatic carbocycles. The number of nitrogens with zero attached hydrogens (tertiary/aromatic N) is 2. The molecule has 0 aromatic heterocycles. The molecule has 0 atom stereocenters. The zero-order chi connectivity index (χ0) is 14.3. The first-order valence-corrected chi connectivity index (χ1v) is 5.93. The summed E-state index contributed by atoms with van der Waals surface area (Å²) in [6.45, 7) is 7.13. The lowest BCUT2D eigenvalue weighted by molar-refractivity contribution is -0.131. The summed E-state index contributed by atoms with van der Waals surface area (Å²) in [6.07, 6.45) is 4.30. The van der Waals surface area contributed by atoms with Gasteiger partial charge < -0.3 is 10.0 Å². The maximum atomic E-state index is 10.5. The molecule has 1 aromatic rings. The summed E-state index contributed by atoms with van der Waals surface area (Å²) in [4.78, 5) is 12.5. The SMILES string of the molecule is C=CCN(CC)c1ccc(/C=C/C(=O)O)cc1C#N. The number of anilines is 1. The average Bonchev–Trinajstić information content (AvgIpc) is 2.42. The maximum Gasteiger partial charge on any atom is 0.328 e. The first-order valence-electron chi connectivity index (χ1n) is 5.93. The van der Waals surface area contributed by atoms with Crippen molar-refractivity contribution in [2.45, 2.75) is 6.92 Å². The highest BCUT2D eigenvalue weighted by atomic mass is 16.4. The number of rotatable bonds is 6. The molecule has 0 aliphatic rings. The predicted molar refractivity (Wildman–Crippen MR) is 75.9 cm³/mol. The molecular weight excluding hydrogens is 240 g/mol. The second kappa shape index (κ2) is 7.02. The zero-order valence-corrected chi connectivity index (χ0v) is 10.8. The highest BCUT2D eigenvalue weighted by molar-refractivity contribution is 5.85. The van der Waals surface area contributed by atoms with Gasteiger partial charge >= 0.3 is 5.97 Å². The van der Waals surface area contributed by atoms with Crippen LogP contribution in [-0.2, 0) is 4.79 Å². The van der Waals surface area contributed by atoms with Gasteiger partial charge in [0.2, 0.25) is 0 Å². The topological polar surface area (TPSA) is 64.3 Å². The smallest absolute Gasteiger partial charge is 0.328 e. The van der Waals surface area contributed by atoms with E-state index in [4.69, 9.17) is 5.11 Å². The predicted octanol–water partition coefficient (Wildman–Crippen LogP) is 2.67. The lowest BCUT2D eigenvalue weighted by Gasteiger charge is -2.22. The number of hydrogen-bond donors (Lipinski definition) is 1. The molecular formula is C15H16N2O2. The molecule has 0 aliphatic carbocycles. The third kappa shape index (κ3) is 4.00. The fourth-order valence-corrected chi connectivity index (χ4v) is 1.74. The van der Waals surface area contributed by atoms with Crippen LogP contribution < -0.4 is 4.90 Å². The van der Waals surface area contributed by atoms with Crippen LogP contribution in [-0.4, -0.2) is 24.2 Å². The Labute approximate surface area is 112 Å². The Bertz CT molecular complexity index is 542. The van der Waals surface area contributed by atoms with E-state index in [0.29, 0.717) is 17.7 Å². The van der Waals surface area contributed by atoms with Crippen molar-refractivity contribution in [2.75, 3.05) is 18.0 Å². The summed E-state index contributed by atoms with van der Waals surface area (Å²) in [7, 11) is 0. The van der Waals surface area contributed by atoms with E-state index in [9.17, 15) is 10.1 Å². The lowest BCUT2D eigenvalue weighted by atomic mass is 10.1. The highest BCUT2D eigenvalue weighted by Gasteiger charge is 2.08. The Morgan fingerprint density at radius 3 is 2.84 bits per heavy atom. The molecule has 98 valence electrons. The molecule has 4 heteroatoms. The molecule has 0 unspecified atom stereocenters. The standard InChI is InChI=1S/C15H16N2O2/c1-3-9-17(4-2)14-7-5-12(6-8-15(18)19)10-13(14)11-16/h3,5-8,10H,1,4,9H2,2H3,(H,18,19)/b8-6+. The van der Waals surface area contributed by atoms with Gasteiger partial charge in [0.1, 0.15) is 6.07 Å². The van der Waals surface area contributed by atoms with Crippen molar-refractivity contribution in [1.29, 1.82) is 5.26 Å². The van der Waals surface area contributed by atoms with Gasteiger partial charge in [-0.25, -0.2) is 4.79 Å². The molecule has 0 saturated carbocycles. The van der Waals surface area contributed by atoms with Crippen molar-refractivity contribution in [1.82, 2.24) is 0 Å².